The molecule has 0 aliphatic carbocycles. The van der Waals surface area contributed by atoms with Crippen LogP contribution in [0.25, 0.3) is 11.3 Å². The van der Waals surface area contributed by atoms with Crippen LogP contribution in [0.1, 0.15) is 11.4 Å². The Labute approximate surface area is 93.0 Å². The molecule has 0 aliphatic rings. The summed E-state index contributed by atoms with van der Waals surface area (Å²) < 4.78 is 0. The summed E-state index contributed by atoms with van der Waals surface area (Å²) in [5.74, 6) is -0.406. The molecule has 0 amide bonds. The number of hydrogen-bond donors (Lipinski definition) is 2. The van der Waals surface area contributed by atoms with Crippen LogP contribution in [0.15, 0.2) is 30.5 Å². The molecule has 16 heavy (non-hydrogen) atoms. The molecule has 4 heteroatoms. The van der Waals surface area contributed by atoms with Gasteiger partial charge in [0.15, 0.2) is 0 Å². The summed E-state index contributed by atoms with van der Waals surface area (Å²) in [4.78, 5) is 17.6. The van der Waals surface area contributed by atoms with Gasteiger partial charge in [0, 0.05) is 5.56 Å². The zero-order valence-electron chi connectivity index (χ0n) is 8.90. The van der Waals surface area contributed by atoms with Gasteiger partial charge in [-0.2, -0.15) is 0 Å². The van der Waals surface area contributed by atoms with E-state index >= 15 is 0 Å². The molecule has 0 aliphatic heterocycles. The highest BCUT2D eigenvalue weighted by atomic mass is 16.4. The molecule has 4 nitrogen and oxygen atoms in total. The first kappa shape index (κ1) is 10.4. The molecule has 0 saturated carbocycles. The lowest BCUT2D eigenvalue weighted by molar-refractivity contribution is -0.136. The van der Waals surface area contributed by atoms with Gasteiger partial charge in [0.05, 0.1) is 11.9 Å². The maximum Gasteiger partial charge on any atom is 0.311 e. The number of H-pyrrole nitrogens is 1. The van der Waals surface area contributed by atoms with E-state index < -0.39 is 5.97 Å². The maximum absolute atomic E-state index is 10.5. The topological polar surface area (TPSA) is 66.0 Å². The molecule has 2 aromatic rings. The quantitative estimate of drug-likeness (QED) is 0.824. The average Bonchev–Trinajstić information content (AvgIpc) is 2.66. The van der Waals surface area contributed by atoms with Crippen LogP contribution in [0.4, 0.5) is 0 Å². The zero-order chi connectivity index (χ0) is 11.5. The lowest BCUT2D eigenvalue weighted by Crippen LogP contribution is -2.01. The van der Waals surface area contributed by atoms with Gasteiger partial charge in [-0.25, -0.2) is 4.98 Å². The van der Waals surface area contributed by atoms with Crippen LogP contribution in [-0.2, 0) is 11.2 Å². The number of imidazole rings is 1. The number of aromatic nitrogens is 2. The predicted molar refractivity (Wildman–Crippen MR) is 60.1 cm³/mol. The van der Waals surface area contributed by atoms with Crippen molar-refractivity contribution in [2.75, 3.05) is 0 Å². The number of nitrogens with one attached hydrogen (secondary N) is 1. The first-order valence-electron chi connectivity index (χ1n) is 4.98. The molecule has 0 fully saturated rings. The number of aromatic amines is 1. The fourth-order valence-corrected chi connectivity index (χ4v) is 1.61. The highest BCUT2D eigenvalue weighted by Gasteiger charge is 2.07. The third-order valence-corrected chi connectivity index (χ3v) is 2.38. The largest absolute Gasteiger partial charge is 0.481 e. The molecule has 0 radical (unpaired) electrons. The monoisotopic (exact) mass is 216 g/mol. The molecule has 2 N–H and O–H groups in total. The minimum absolute atomic E-state index is 0.0775. The number of aliphatic carboxylic acids is 1. The Hall–Kier alpha value is -2.10. The van der Waals surface area contributed by atoms with Crippen LogP contribution < -0.4 is 0 Å². The zero-order valence-corrected chi connectivity index (χ0v) is 8.90. The summed E-state index contributed by atoms with van der Waals surface area (Å²) in [6, 6.07) is 7.90. The summed E-state index contributed by atoms with van der Waals surface area (Å²) in [5.41, 5.74) is 3.04. The molecule has 1 aromatic heterocycles. The van der Waals surface area contributed by atoms with Crippen molar-refractivity contribution in [3.63, 3.8) is 0 Å². The number of nitrogens with zero attached hydrogens (tertiary/aromatic N) is 1. The second-order valence-electron chi connectivity index (χ2n) is 3.63. The number of carboxylic acid groups (broad SMARTS) is 1. The van der Waals surface area contributed by atoms with Gasteiger partial charge < -0.3 is 10.1 Å². The van der Waals surface area contributed by atoms with E-state index in [2.05, 4.69) is 9.97 Å². The van der Waals surface area contributed by atoms with E-state index in [1.165, 1.54) is 0 Å². The highest BCUT2D eigenvalue weighted by molar-refractivity contribution is 5.70. The molecule has 1 aromatic carbocycles. The van der Waals surface area contributed by atoms with Crippen LogP contribution in [0.5, 0.6) is 0 Å². The lowest BCUT2D eigenvalue weighted by atomic mass is 10.1. The number of aryl methyl sites for hydroxylation is 1. The molecular weight excluding hydrogens is 204 g/mol. The first-order valence-corrected chi connectivity index (χ1v) is 4.98. The minimum Gasteiger partial charge on any atom is -0.481 e. The van der Waals surface area contributed by atoms with Crippen molar-refractivity contribution in [1.82, 2.24) is 9.97 Å². The van der Waals surface area contributed by atoms with E-state index in [1.54, 1.807) is 6.20 Å². The molecule has 0 spiro atoms. The molecule has 82 valence electrons. The van der Waals surface area contributed by atoms with E-state index in [0.717, 1.165) is 16.8 Å². The van der Waals surface area contributed by atoms with Crippen molar-refractivity contribution < 1.29 is 9.90 Å². The summed E-state index contributed by atoms with van der Waals surface area (Å²) in [6.45, 7) is 2.01. The standard InChI is InChI=1S/C12H12N2O2/c1-8-4-2-3-5-9(8)10-7-13-11(14-10)6-12(15)16/h2-5,7H,6H2,1H3,(H,13,14)(H,15,16). The molecule has 0 bridgehead atoms. The van der Waals surface area contributed by atoms with Crippen molar-refractivity contribution in [3.05, 3.63) is 41.9 Å². The van der Waals surface area contributed by atoms with Crippen LogP contribution in [-0.4, -0.2) is 21.0 Å². The number of rotatable bonds is 3. The van der Waals surface area contributed by atoms with E-state index in [-0.39, 0.29) is 6.42 Å². The Balaban J connectivity index is 2.32. The van der Waals surface area contributed by atoms with Gasteiger partial charge >= 0.3 is 5.97 Å². The van der Waals surface area contributed by atoms with Gasteiger partial charge in [-0.05, 0) is 12.5 Å². The normalized spacial score (nSPS) is 10.3. The molecular formula is C12H12N2O2. The highest BCUT2D eigenvalue weighted by Crippen LogP contribution is 2.20. The van der Waals surface area contributed by atoms with Crippen LogP contribution in [0.2, 0.25) is 0 Å². The Morgan fingerprint density at radius 3 is 2.88 bits per heavy atom. The Bertz CT molecular complexity index is 517. The summed E-state index contributed by atoms with van der Waals surface area (Å²) in [5, 5.41) is 8.64. The predicted octanol–water partition coefficient (Wildman–Crippen LogP) is 2.01. The van der Waals surface area contributed by atoms with Crippen molar-refractivity contribution in [2.45, 2.75) is 13.3 Å². The molecule has 0 saturated heterocycles. The van der Waals surface area contributed by atoms with Gasteiger partial charge in [-0.1, -0.05) is 24.3 Å². The van der Waals surface area contributed by atoms with Gasteiger partial charge in [0.25, 0.3) is 0 Å². The second-order valence-corrected chi connectivity index (χ2v) is 3.63. The van der Waals surface area contributed by atoms with Gasteiger partial charge in [0.1, 0.15) is 12.2 Å². The molecule has 0 unspecified atom stereocenters. The Morgan fingerprint density at radius 1 is 1.44 bits per heavy atom. The molecule has 1 heterocycles. The summed E-state index contributed by atoms with van der Waals surface area (Å²) in [6.07, 6.45) is 1.59. The van der Waals surface area contributed by atoms with E-state index in [1.807, 2.05) is 31.2 Å². The number of carbonyl (C=O) groups is 1. The first-order chi connectivity index (χ1) is 7.66. The fraction of sp³-hybridized carbons (Fsp3) is 0.167. The average molecular weight is 216 g/mol. The van der Waals surface area contributed by atoms with Crippen LogP contribution >= 0.6 is 0 Å². The van der Waals surface area contributed by atoms with Crippen molar-refractivity contribution in [3.8, 4) is 11.3 Å². The Morgan fingerprint density at radius 2 is 2.19 bits per heavy atom. The smallest absolute Gasteiger partial charge is 0.311 e. The van der Waals surface area contributed by atoms with E-state index in [4.69, 9.17) is 5.11 Å². The van der Waals surface area contributed by atoms with Gasteiger partial charge in [-0.3, -0.25) is 4.79 Å². The van der Waals surface area contributed by atoms with Crippen molar-refractivity contribution in [2.24, 2.45) is 0 Å². The Kier molecular flexibility index (Phi) is 2.72. The molecule has 2 rings (SSSR count). The van der Waals surface area contributed by atoms with Crippen molar-refractivity contribution in [1.29, 1.82) is 0 Å². The van der Waals surface area contributed by atoms with E-state index in [0.29, 0.717) is 5.82 Å². The fourth-order valence-electron chi connectivity index (χ4n) is 1.61. The number of hydrogen-bond acceptors (Lipinski definition) is 2. The van der Waals surface area contributed by atoms with Crippen LogP contribution in [0, 0.1) is 6.92 Å². The lowest BCUT2D eigenvalue weighted by Gasteiger charge is -2.01. The maximum atomic E-state index is 10.5. The van der Waals surface area contributed by atoms with Gasteiger partial charge in [0.2, 0.25) is 0 Å². The summed E-state index contributed by atoms with van der Waals surface area (Å²) >= 11 is 0. The van der Waals surface area contributed by atoms with Crippen molar-refractivity contribution >= 4 is 5.97 Å². The third kappa shape index (κ3) is 2.11. The third-order valence-electron chi connectivity index (χ3n) is 2.38. The van der Waals surface area contributed by atoms with E-state index in [9.17, 15) is 4.79 Å². The van der Waals surface area contributed by atoms with Gasteiger partial charge in [-0.15, -0.1) is 0 Å². The molecule has 0 atom stereocenters. The SMILES string of the molecule is Cc1ccccc1-c1cnc(CC(=O)O)[nH]1. The number of carboxylic acids is 1. The number of benzene rings is 1. The minimum atomic E-state index is -0.884. The van der Waals surface area contributed by atoms with Crippen LogP contribution in [0.3, 0.4) is 0 Å². The summed E-state index contributed by atoms with van der Waals surface area (Å²) in [7, 11) is 0. The second kappa shape index (κ2) is 4.18.